The van der Waals surface area contributed by atoms with Crippen molar-refractivity contribution in [2.75, 3.05) is 60.7 Å². The summed E-state index contributed by atoms with van der Waals surface area (Å²) in [6.07, 6.45) is 11.9. The van der Waals surface area contributed by atoms with Crippen LogP contribution in [0.25, 0.3) is 0 Å². The summed E-state index contributed by atoms with van der Waals surface area (Å²) in [4.78, 5) is 153. The Kier molecular flexibility index (Phi) is 38.5. The van der Waals surface area contributed by atoms with E-state index in [1.165, 1.54) is 116 Å². The van der Waals surface area contributed by atoms with Crippen LogP contribution in [0.1, 0.15) is 273 Å². The molecule has 4 aliphatic rings. The van der Waals surface area contributed by atoms with E-state index in [2.05, 4.69) is 17.6 Å². The molecule has 28 heteroatoms. The van der Waals surface area contributed by atoms with Gasteiger partial charge in [-0.25, -0.2) is 9.59 Å². The number of benzene rings is 3. The van der Waals surface area contributed by atoms with Crippen molar-refractivity contribution in [1.29, 1.82) is 0 Å². The third-order valence-electron chi connectivity index (χ3n) is 23.3. The number of rotatable bonds is 52. The zero-order valence-corrected chi connectivity index (χ0v) is 71.5. The summed E-state index contributed by atoms with van der Waals surface area (Å²) >= 11 is 0. The molecular weight excluding hydrogens is 1530 g/mol. The number of amides is 2. The third kappa shape index (κ3) is 28.5. The lowest BCUT2D eigenvalue weighted by molar-refractivity contribution is -0.870. The van der Waals surface area contributed by atoms with Crippen molar-refractivity contribution >= 4 is 67.2 Å². The second-order valence-corrected chi connectivity index (χ2v) is 35.1. The van der Waals surface area contributed by atoms with E-state index in [-0.39, 0.29) is 73.3 Å². The fourth-order valence-corrected chi connectivity index (χ4v) is 17.3. The van der Waals surface area contributed by atoms with Gasteiger partial charge in [0.1, 0.15) is 49.7 Å². The summed E-state index contributed by atoms with van der Waals surface area (Å²) in [5, 5.41) is 32.2. The number of phosphoric acid groups is 1. The number of hydrogen-bond acceptors (Lipinski definition) is 24. The highest BCUT2D eigenvalue weighted by atomic mass is 31.2. The first kappa shape index (κ1) is 96.4. The molecular formula is C89H130N3O24P. The maximum atomic E-state index is 16.0. The second kappa shape index (κ2) is 46.7. The van der Waals surface area contributed by atoms with Crippen LogP contribution in [0.5, 0.6) is 0 Å². The normalized spacial score (nSPS) is 23.2. The van der Waals surface area contributed by atoms with Gasteiger partial charge in [-0.05, 0) is 74.1 Å². The molecule has 13 atom stereocenters. The van der Waals surface area contributed by atoms with Crippen molar-refractivity contribution in [3.8, 4) is 0 Å². The van der Waals surface area contributed by atoms with Crippen LogP contribution < -0.4 is 15.5 Å². The molecule has 3 aliphatic carbocycles. The summed E-state index contributed by atoms with van der Waals surface area (Å²) in [6.45, 7) is 9.69. The maximum Gasteiger partial charge on any atom is 0.350 e. The van der Waals surface area contributed by atoms with E-state index in [4.69, 9.17) is 46.9 Å². The Bertz CT molecular complexity index is 3800. The number of carbonyl (C=O) groups is 10. The summed E-state index contributed by atoms with van der Waals surface area (Å²) in [5.41, 5.74) is -7.87. The number of unbranched alkanes of at least 4 members (excludes halogenated alkanes) is 22. The van der Waals surface area contributed by atoms with Crippen LogP contribution >= 0.6 is 7.82 Å². The Morgan fingerprint density at radius 1 is 0.632 bits per heavy atom. The zero-order valence-electron chi connectivity index (χ0n) is 70.6. The average Bonchev–Trinajstić information content (AvgIpc) is 0.668. The molecule has 2 saturated carbocycles. The standard InChI is InChI=1S/C89H130N3O24P/c1-11-12-13-14-15-16-17-18-19-20-23-26-29-41-50-73(97)107-59-68(60-110-117(105,106)109-56-55-92(8,9)10)112-74(98)51-42-30-27-24-21-22-25-28-31-43-54-90-72(96)52-53-75(99)114-79(77(65-44-35-32-36-45-65)91-83(101)66-46-37-33-38-47-66)85(103)113-69-58-89(104)82(115-84(102)67-48-39-34-40-49-67)80-87(7,70(95)57-71-88(80,61-108-71)116-64(4)94)81(100)78(111-63(3)93)76(62(69)2)86(89,5)6/h32-40,44-49,68-71,77-80,82,95,104H,11-31,41-43,50-61H2,1-10H3,(H2-,90,91,96,101,105,106)/t68-,69+,70+,71-,77+,78-,79?,80?,82+,87-,88+,89-/m1/s1. The topological polar surface area (TPSA) is 368 Å². The van der Waals surface area contributed by atoms with Crippen LogP contribution in [-0.4, -0.2) is 189 Å². The van der Waals surface area contributed by atoms with Gasteiger partial charge in [-0.1, -0.05) is 222 Å². The summed E-state index contributed by atoms with van der Waals surface area (Å²) in [5.74, 6) is -9.84. The lowest BCUT2D eigenvalue weighted by atomic mass is 9.44. The van der Waals surface area contributed by atoms with Gasteiger partial charge in [0.25, 0.3) is 13.7 Å². The minimum atomic E-state index is -4.75. The number of carbonyl (C=O) groups excluding carboxylic acids is 10. The number of ketones is 1. The van der Waals surface area contributed by atoms with Crippen LogP contribution in [-0.2, 0) is 89.9 Å². The Labute approximate surface area is 690 Å². The molecule has 1 saturated heterocycles. The van der Waals surface area contributed by atoms with Gasteiger partial charge in [0.15, 0.2) is 23.6 Å². The van der Waals surface area contributed by atoms with E-state index in [1.54, 1.807) is 66.7 Å². The third-order valence-corrected chi connectivity index (χ3v) is 24.3. The number of fused-ring (bicyclic) bond motifs is 5. The maximum absolute atomic E-state index is 16.0. The highest BCUT2D eigenvalue weighted by Crippen LogP contribution is 2.65. The molecule has 3 aromatic rings. The Morgan fingerprint density at radius 2 is 1.15 bits per heavy atom. The highest BCUT2D eigenvalue weighted by molar-refractivity contribution is 7.45. The van der Waals surface area contributed by atoms with Gasteiger partial charge in [-0.2, -0.15) is 0 Å². The number of phosphoric ester groups is 1. The molecule has 650 valence electrons. The molecule has 4 N–H and O–H groups in total. The number of ether oxygens (including phenoxy) is 8. The van der Waals surface area contributed by atoms with Gasteiger partial charge in [0.2, 0.25) is 12.0 Å². The van der Waals surface area contributed by atoms with E-state index in [0.29, 0.717) is 36.8 Å². The fourth-order valence-electron chi connectivity index (χ4n) is 16.5. The van der Waals surface area contributed by atoms with Crippen LogP contribution in [0.15, 0.2) is 102 Å². The van der Waals surface area contributed by atoms with Gasteiger partial charge < -0.3 is 77.2 Å². The molecule has 2 amide bonds. The van der Waals surface area contributed by atoms with Gasteiger partial charge in [0.05, 0.1) is 63.8 Å². The predicted octanol–water partition coefficient (Wildman–Crippen LogP) is 13.0. The van der Waals surface area contributed by atoms with Gasteiger partial charge in [-0.3, -0.25) is 42.9 Å². The first-order chi connectivity index (χ1) is 55.7. The smallest absolute Gasteiger partial charge is 0.350 e. The number of esters is 7. The number of hydrogen-bond donors (Lipinski definition) is 4. The predicted molar refractivity (Wildman–Crippen MR) is 433 cm³/mol. The Balaban J connectivity index is 0.921. The van der Waals surface area contributed by atoms with Gasteiger partial charge >= 0.3 is 41.8 Å². The summed E-state index contributed by atoms with van der Waals surface area (Å²) in [6, 6.07) is 22.4. The average molecular weight is 1660 g/mol. The van der Waals surface area contributed by atoms with Crippen LogP contribution in [0.3, 0.4) is 0 Å². The van der Waals surface area contributed by atoms with E-state index < -0.39 is 163 Å². The molecule has 117 heavy (non-hydrogen) atoms. The molecule has 2 bridgehead atoms. The number of Topliss-reactive ketones (excluding diaryl/α,β-unsaturated/α-hetero) is 1. The molecule has 27 nitrogen and oxygen atoms in total. The van der Waals surface area contributed by atoms with Crippen molar-refractivity contribution in [1.82, 2.24) is 10.6 Å². The van der Waals surface area contributed by atoms with E-state index >= 15 is 9.59 Å². The minimum absolute atomic E-state index is 0.0166. The number of nitrogens with one attached hydrogen (secondary N) is 2. The molecule has 0 radical (unpaired) electrons. The van der Waals surface area contributed by atoms with Crippen molar-refractivity contribution in [3.05, 3.63) is 119 Å². The Hall–Kier alpha value is -7.75. The molecule has 1 heterocycles. The Morgan fingerprint density at radius 3 is 1.68 bits per heavy atom. The molecule has 0 spiro atoms. The summed E-state index contributed by atoms with van der Waals surface area (Å²) < 4.78 is 71.5. The second-order valence-electron chi connectivity index (χ2n) is 33.7. The number of aliphatic hydroxyl groups excluding tert-OH is 1. The zero-order chi connectivity index (χ0) is 85.4. The van der Waals surface area contributed by atoms with Crippen LogP contribution in [0.4, 0.5) is 0 Å². The lowest BCUT2D eigenvalue weighted by Crippen LogP contribution is -2.82. The van der Waals surface area contributed by atoms with Gasteiger partial charge in [0, 0.05) is 63.5 Å². The SMILES string of the molecule is CCCCCCCCCCCCCCCCC(=O)OC[C@H](COP(=O)([O-])OCC[N+](C)(C)C)OC(=O)CCCCCCCCCCCCNC(=O)CCC(=O)OC(C(=O)O[C@H]1C[C@@]2(O)[C@@H](OC(=O)c3ccccc3)C3[C@](C)(C(=O)[C@H](OC(C)=O)C(=C1C)C2(C)C)[C@@H](O)C[C@H]1OC[C@@]31OC(C)=O)[C@@H](NC(=O)c1ccccc1)c1ccccc1. The largest absolute Gasteiger partial charge is 0.756 e. The monoisotopic (exact) mass is 1660 g/mol. The van der Waals surface area contributed by atoms with Crippen LogP contribution in [0, 0.1) is 16.7 Å². The molecule has 3 aromatic carbocycles. The molecule has 7 rings (SSSR count). The number of nitrogens with zero attached hydrogens (tertiary/aromatic N) is 1. The molecule has 1 aliphatic heterocycles. The first-order valence-corrected chi connectivity index (χ1v) is 43.9. The molecule has 3 unspecified atom stereocenters. The van der Waals surface area contributed by atoms with Gasteiger partial charge in [-0.15, -0.1) is 0 Å². The van der Waals surface area contributed by atoms with Crippen LogP contribution in [0.2, 0.25) is 0 Å². The number of quaternary nitrogens is 1. The quantitative estimate of drug-likeness (QED) is 0.0102. The number of aliphatic hydroxyl groups is 2. The van der Waals surface area contributed by atoms with E-state index in [0.717, 1.165) is 84.5 Å². The van der Waals surface area contributed by atoms with Crippen molar-refractivity contribution in [2.45, 2.75) is 301 Å². The fraction of sp³-hybridized carbons (Fsp3) is 0.663. The number of likely N-dealkylation sites (N-methyl/N-ethyl adjacent to an activating group) is 1. The first-order valence-electron chi connectivity index (χ1n) is 42.4. The van der Waals surface area contributed by atoms with E-state index in [1.807, 2.05) is 21.1 Å². The lowest BCUT2D eigenvalue weighted by Gasteiger charge is -2.67. The summed E-state index contributed by atoms with van der Waals surface area (Å²) in [7, 11) is 0.923. The van der Waals surface area contributed by atoms with Crippen molar-refractivity contribution < 1.29 is 119 Å². The molecule has 0 aromatic heterocycles. The van der Waals surface area contributed by atoms with E-state index in [9.17, 15) is 58.0 Å². The van der Waals surface area contributed by atoms with Crippen molar-refractivity contribution in [3.63, 3.8) is 0 Å². The minimum Gasteiger partial charge on any atom is -0.756 e. The van der Waals surface area contributed by atoms with Crippen molar-refractivity contribution in [2.24, 2.45) is 16.7 Å². The molecule has 3 fully saturated rings. The highest BCUT2D eigenvalue weighted by Gasteiger charge is 2.78.